The van der Waals surface area contributed by atoms with Crippen LogP contribution in [0.2, 0.25) is 0 Å². The lowest BCUT2D eigenvalue weighted by Gasteiger charge is -2.03. The maximum absolute atomic E-state index is 10.6. The third kappa shape index (κ3) is 6.51. The van der Waals surface area contributed by atoms with Gasteiger partial charge in [-0.2, -0.15) is 16.8 Å². The summed E-state index contributed by atoms with van der Waals surface area (Å²) in [5.74, 6) is -4.22. The predicted molar refractivity (Wildman–Crippen MR) is 90.5 cm³/mol. The lowest BCUT2D eigenvalue weighted by Crippen LogP contribution is -2.10. The molecule has 28 heavy (non-hydrogen) atoms. The van der Waals surface area contributed by atoms with E-state index in [1.807, 2.05) is 0 Å². The Labute approximate surface area is 158 Å². The largest absolute Gasteiger partial charge is 0.506 e. The molecule has 0 aliphatic carbocycles. The maximum Gasteiger partial charge on any atom is 0.446 e. The molecule has 0 amide bonds. The number of carboxylic acids is 2. The van der Waals surface area contributed by atoms with Gasteiger partial charge in [0.25, 0.3) is 10.1 Å². The van der Waals surface area contributed by atoms with Gasteiger partial charge in [-0.15, -0.1) is 0 Å². The highest BCUT2D eigenvalue weighted by molar-refractivity contribution is 7.86. The smallest absolute Gasteiger partial charge is 0.446 e. The van der Waals surface area contributed by atoms with Crippen LogP contribution in [0.5, 0.6) is 11.5 Å². The Balaban J connectivity index is 0.000000280. The minimum absolute atomic E-state index is 0.342. The number of aromatic hydroxyl groups is 1. The summed E-state index contributed by atoms with van der Waals surface area (Å²) in [6.45, 7) is 0. The molecular formula is C14H12O12S2. The van der Waals surface area contributed by atoms with E-state index in [1.54, 1.807) is 0 Å². The molecule has 12 nitrogen and oxygen atoms in total. The molecule has 14 heteroatoms. The second kappa shape index (κ2) is 8.66. The summed E-state index contributed by atoms with van der Waals surface area (Å²) in [7, 11) is -9.30. The molecule has 0 atom stereocenters. The zero-order valence-electron chi connectivity index (χ0n) is 13.5. The number of para-hydroxylation sites is 2. The number of hydrogen-bond donors (Lipinski definition) is 5. The third-order valence-electron chi connectivity index (χ3n) is 2.82. The first kappa shape index (κ1) is 22.8. The molecule has 0 aliphatic rings. The molecule has 0 aliphatic heterocycles. The van der Waals surface area contributed by atoms with Crippen LogP contribution in [-0.2, 0) is 20.5 Å². The number of carbonyl (C=O) groups is 2. The predicted octanol–water partition coefficient (Wildman–Crippen LogP) is 0.903. The van der Waals surface area contributed by atoms with Crippen molar-refractivity contribution in [2.75, 3.05) is 0 Å². The minimum Gasteiger partial charge on any atom is -0.506 e. The van der Waals surface area contributed by atoms with Crippen LogP contribution in [0.3, 0.4) is 0 Å². The average Bonchev–Trinajstić information content (AvgIpc) is 2.53. The van der Waals surface area contributed by atoms with Crippen molar-refractivity contribution in [2.24, 2.45) is 0 Å². The van der Waals surface area contributed by atoms with Gasteiger partial charge < -0.3 is 19.5 Å². The van der Waals surface area contributed by atoms with Crippen molar-refractivity contribution >= 4 is 32.5 Å². The van der Waals surface area contributed by atoms with Gasteiger partial charge in [0.15, 0.2) is 11.5 Å². The molecule has 0 fully saturated rings. The zero-order valence-corrected chi connectivity index (χ0v) is 15.1. The molecule has 0 unspecified atom stereocenters. The highest BCUT2D eigenvalue weighted by Gasteiger charge is 2.20. The van der Waals surface area contributed by atoms with E-state index in [1.165, 1.54) is 12.1 Å². The number of rotatable bonds is 5. The van der Waals surface area contributed by atoms with Gasteiger partial charge >= 0.3 is 22.3 Å². The molecular weight excluding hydrogens is 424 g/mol. The molecule has 5 N–H and O–H groups in total. The second-order valence-corrected chi connectivity index (χ2v) is 7.16. The van der Waals surface area contributed by atoms with E-state index in [2.05, 4.69) is 4.18 Å². The summed E-state index contributed by atoms with van der Waals surface area (Å²) in [5, 5.41) is 26.3. The van der Waals surface area contributed by atoms with Crippen LogP contribution in [-0.4, -0.2) is 53.2 Å². The Bertz CT molecular complexity index is 1100. The third-order valence-corrected chi connectivity index (χ3v) is 4.10. The molecule has 0 saturated carbocycles. The molecule has 0 radical (unpaired) electrons. The zero-order chi connectivity index (χ0) is 21.7. The highest BCUT2D eigenvalue weighted by Crippen LogP contribution is 2.26. The highest BCUT2D eigenvalue weighted by atomic mass is 32.3. The molecule has 0 spiro atoms. The number of carboxylic acid groups (broad SMARTS) is 2. The number of aromatic carboxylic acids is 2. The van der Waals surface area contributed by atoms with Crippen LogP contribution >= 0.6 is 0 Å². The van der Waals surface area contributed by atoms with E-state index in [-0.39, 0.29) is 5.56 Å². The van der Waals surface area contributed by atoms with E-state index in [0.717, 1.165) is 30.3 Å². The molecule has 2 aromatic carbocycles. The second-order valence-electron chi connectivity index (χ2n) is 4.74. The van der Waals surface area contributed by atoms with E-state index in [0.29, 0.717) is 0 Å². The van der Waals surface area contributed by atoms with Gasteiger partial charge in [0.2, 0.25) is 0 Å². The monoisotopic (exact) mass is 436 g/mol. The van der Waals surface area contributed by atoms with Crippen molar-refractivity contribution in [1.29, 1.82) is 0 Å². The first-order valence-electron chi connectivity index (χ1n) is 6.76. The van der Waals surface area contributed by atoms with Gasteiger partial charge in [-0.25, -0.2) is 9.59 Å². The first-order valence-corrected chi connectivity index (χ1v) is 9.56. The Hall–Kier alpha value is -3.20. The summed E-state index contributed by atoms with van der Waals surface area (Å²) in [5.41, 5.74) is -0.926. The van der Waals surface area contributed by atoms with E-state index < -0.39 is 54.4 Å². The fourth-order valence-corrected chi connectivity index (χ4v) is 2.71. The van der Waals surface area contributed by atoms with E-state index in [9.17, 15) is 31.5 Å². The first-order chi connectivity index (χ1) is 12.7. The Morgan fingerprint density at radius 3 is 1.75 bits per heavy atom. The standard InChI is InChI=1S/2C7H6O6S/c8-7(9)5-3-1-2-4-6(5)13-14(10,11)12;8-6-4(7(9)10)2-1-3-5(6)14(11,12)13/h1-4H,(H,8,9)(H,10,11,12);1-3,8H,(H,9,10)(H,11,12,13). The van der Waals surface area contributed by atoms with Gasteiger partial charge in [0.05, 0.1) is 0 Å². The lowest BCUT2D eigenvalue weighted by molar-refractivity contribution is 0.0682. The van der Waals surface area contributed by atoms with Crippen LogP contribution in [0.1, 0.15) is 20.7 Å². The molecule has 2 aromatic rings. The SMILES string of the molecule is O=C(O)c1cccc(S(=O)(=O)O)c1O.O=C(O)c1ccccc1OS(=O)(=O)O. The normalized spacial score (nSPS) is 11.1. The van der Waals surface area contributed by atoms with Crippen molar-refractivity contribution in [2.45, 2.75) is 4.90 Å². The van der Waals surface area contributed by atoms with Gasteiger partial charge in [-0.1, -0.05) is 18.2 Å². The van der Waals surface area contributed by atoms with Crippen molar-refractivity contribution in [3.05, 3.63) is 53.6 Å². The van der Waals surface area contributed by atoms with E-state index >= 15 is 0 Å². The fraction of sp³-hybridized carbons (Fsp3) is 0. The van der Waals surface area contributed by atoms with Crippen molar-refractivity contribution in [3.8, 4) is 11.5 Å². The van der Waals surface area contributed by atoms with Crippen LogP contribution < -0.4 is 4.18 Å². The fourth-order valence-electron chi connectivity index (χ4n) is 1.73. The lowest BCUT2D eigenvalue weighted by atomic mass is 10.2. The van der Waals surface area contributed by atoms with E-state index in [4.69, 9.17) is 19.3 Å². The summed E-state index contributed by atoms with van der Waals surface area (Å²) >= 11 is 0. The topological polar surface area (TPSA) is 213 Å². The Morgan fingerprint density at radius 2 is 1.29 bits per heavy atom. The molecule has 0 aromatic heterocycles. The van der Waals surface area contributed by atoms with Crippen molar-refractivity contribution in [3.63, 3.8) is 0 Å². The Kier molecular flexibility index (Phi) is 7.06. The summed E-state index contributed by atoms with van der Waals surface area (Å²) in [6.07, 6.45) is 0. The number of phenols is 1. The summed E-state index contributed by atoms with van der Waals surface area (Å²) in [6, 6.07) is 8.09. The summed E-state index contributed by atoms with van der Waals surface area (Å²) < 4.78 is 62.9. The van der Waals surface area contributed by atoms with Crippen molar-refractivity contribution < 1.29 is 55.0 Å². The maximum atomic E-state index is 10.6. The van der Waals surface area contributed by atoms with Crippen LogP contribution in [0, 0.1) is 0 Å². The summed E-state index contributed by atoms with van der Waals surface area (Å²) in [4.78, 5) is 20.2. The van der Waals surface area contributed by atoms with Gasteiger partial charge in [0.1, 0.15) is 16.0 Å². The molecule has 0 heterocycles. The van der Waals surface area contributed by atoms with Gasteiger partial charge in [0, 0.05) is 0 Å². The van der Waals surface area contributed by atoms with Gasteiger partial charge in [-0.05, 0) is 24.3 Å². The minimum atomic E-state index is -4.70. The van der Waals surface area contributed by atoms with Crippen molar-refractivity contribution in [1.82, 2.24) is 0 Å². The van der Waals surface area contributed by atoms with Crippen LogP contribution in [0.25, 0.3) is 0 Å². The number of benzene rings is 2. The molecule has 2 rings (SSSR count). The average molecular weight is 436 g/mol. The molecule has 0 bridgehead atoms. The molecule has 0 saturated heterocycles. The number of hydrogen-bond acceptors (Lipinski definition) is 8. The Morgan fingerprint density at radius 1 is 0.786 bits per heavy atom. The van der Waals surface area contributed by atoms with Crippen LogP contribution in [0.15, 0.2) is 47.4 Å². The van der Waals surface area contributed by atoms with Crippen LogP contribution in [0.4, 0.5) is 0 Å². The quantitative estimate of drug-likeness (QED) is 0.413. The molecule has 152 valence electrons. The van der Waals surface area contributed by atoms with Gasteiger partial charge in [-0.3, -0.25) is 9.11 Å².